The van der Waals surface area contributed by atoms with E-state index in [0.717, 1.165) is 22.4 Å². The lowest BCUT2D eigenvalue weighted by molar-refractivity contribution is 0.423. The average molecular weight is 378 g/mol. The monoisotopic (exact) mass is 377 g/mol. The fraction of sp³-hybridized carbons (Fsp3) is 0.235. The van der Waals surface area contributed by atoms with Crippen molar-refractivity contribution in [2.75, 3.05) is 5.73 Å². The van der Waals surface area contributed by atoms with Gasteiger partial charge in [-0.2, -0.15) is 4.80 Å². The number of nitrogen functional groups attached to an aromatic ring is 1. The summed E-state index contributed by atoms with van der Waals surface area (Å²) in [5.41, 5.74) is 9.08. The lowest BCUT2D eigenvalue weighted by atomic mass is 10.1. The van der Waals surface area contributed by atoms with E-state index in [1.165, 1.54) is 4.68 Å². The summed E-state index contributed by atoms with van der Waals surface area (Å²) in [6.45, 7) is 2.79. The van der Waals surface area contributed by atoms with E-state index in [1.54, 1.807) is 16.9 Å². The van der Waals surface area contributed by atoms with Crippen LogP contribution in [-0.2, 0) is 19.5 Å². The highest BCUT2D eigenvalue weighted by molar-refractivity contribution is 6.35. The first kappa shape index (κ1) is 17.5. The molecule has 2 N–H and O–H groups in total. The van der Waals surface area contributed by atoms with Crippen LogP contribution in [0.1, 0.15) is 16.7 Å². The van der Waals surface area contributed by atoms with Gasteiger partial charge in [-0.3, -0.25) is 0 Å². The molecular formula is C17H17Cl2N5O. The lowest BCUT2D eigenvalue weighted by Crippen LogP contribution is -2.25. The summed E-state index contributed by atoms with van der Waals surface area (Å²) >= 11 is 12.1. The predicted octanol–water partition coefficient (Wildman–Crippen LogP) is 2.93. The highest BCUT2D eigenvalue weighted by Crippen LogP contribution is 2.21. The van der Waals surface area contributed by atoms with E-state index in [-0.39, 0.29) is 0 Å². The Morgan fingerprint density at radius 2 is 1.96 bits per heavy atom. The first-order chi connectivity index (χ1) is 11.9. The van der Waals surface area contributed by atoms with Crippen LogP contribution >= 0.6 is 23.2 Å². The van der Waals surface area contributed by atoms with Gasteiger partial charge in [0.25, 0.3) is 0 Å². The first-order valence-electron chi connectivity index (χ1n) is 7.73. The van der Waals surface area contributed by atoms with Crippen LogP contribution in [-0.4, -0.2) is 19.8 Å². The Balaban J connectivity index is 1.79. The third-order valence-electron chi connectivity index (χ3n) is 4.00. The first-order valence-corrected chi connectivity index (χ1v) is 8.49. The van der Waals surface area contributed by atoms with Crippen molar-refractivity contribution in [2.45, 2.75) is 26.4 Å². The van der Waals surface area contributed by atoms with Crippen LogP contribution in [0.5, 0.6) is 0 Å². The Kier molecular flexibility index (Phi) is 5.11. The van der Waals surface area contributed by atoms with E-state index in [0.29, 0.717) is 29.6 Å². The molecule has 0 fully saturated rings. The van der Waals surface area contributed by atoms with Crippen molar-refractivity contribution in [2.24, 2.45) is 0 Å². The molecule has 1 aromatic heterocycles. The largest absolute Gasteiger partial charge is 0.399 e. The van der Waals surface area contributed by atoms with Crippen molar-refractivity contribution < 1.29 is 0 Å². The van der Waals surface area contributed by atoms with Crippen LogP contribution in [0.4, 0.5) is 5.69 Å². The van der Waals surface area contributed by atoms with Crippen LogP contribution in [0.25, 0.3) is 0 Å². The smallest absolute Gasteiger partial charge is 0.383 e. The molecule has 0 radical (unpaired) electrons. The summed E-state index contributed by atoms with van der Waals surface area (Å²) in [5.74, 6) is 0. The topological polar surface area (TPSA) is 78.7 Å². The minimum atomic E-state index is -0.391. The molecule has 0 amide bonds. The molecule has 0 saturated heterocycles. The molecule has 0 unspecified atom stereocenters. The van der Waals surface area contributed by atoms with E-state index < -0.39 is 5.69 Å². The van der Waals surface area contributed by atoms with Crippen LogP contribution < -0.4 is 11.4 Å². The Bertz CT molecular complexity index is 964. The Labute approximate surface area is 154 Å². The molecule has 8 heteroatoms. The number of nitrogens with two attached hydrogens (primary N) is 1. The van der Waals surface area contributed by atoms with E-state index in [9.17, 15) is 4.79 Å². The maximum Gasteiger partial charge on any atom is 0.383 e. The standard InChI is InChI=1S/C17H17Cl2N5O/c1-11-8-12(2-5-16(11)20)10-24-22-21-17(25)23(24)7-6-13-3-4-14(18)9-15(13)19/h2-5,8-9H,6-7,10,20H2,1H3. The quantitative estimate of drug-likeness (QED) is 0.693. The molecule has 0 aliphatic carbocycles. The summed E-state index contributed by atoms with van der Waals surface area (Å²) in [7, 11) is 0. The van der Waals surface area contributed by atoms with Gasteiger partial charge >= 0.3 is 5.69 Å². The highest BCUT2D eigenvalue weighted by atomic mass is 35.5. The van der Waals surface area contributed by atoms with Crippen LogP contribution in [0.15, 0.2) is 41.2 Å². The number of anilines is 1. The van der Waals surface area contributed by atoms with Gasteiger partial charge in [0.15, 0.2) is 0 Å². The zero-order chi connectivity index (χ0) is 18.0. The molecule has 0 aliphatic rings. The van der Waals surface area contributed by atoms with Crippen molar-refractivity contribution in [3.8, 4) is 0 Å². The van der Waals surface area contributed by atoms with Gasteiger partial charge in [-0.15, -0.1) is 0 Å². The van der Waals surface area contributed by atoms with Gasteiger partial charge in [-0.05, 0) is 53.4 Å². The molecular weight excluding hydrogens is 361 g/mol. The zero-order valence-electron chi connectivity index (χ0n) is 13.6. The van der Waals surface area contributed by atoms with Gasteiger partial charge < -0.3 is 5.73 Å². The van der Waals surface area contributed by atoms with E-state index in [1.807, 2.05) is 31.2 Å². The Morgan fingerprint density at radius 3 is 2.68 bits per heavy atom. The number of rotatable bonds is 5. The minimum Gasteiger partial charge on any atom is -0.399 e. The van der Waals surface area contributed by atoms with Gasteiger partial charge in [0.2, 0.25) is 0 Å². The molecule has 0 atom stereocenters. The molecule has 2 aromatic carbocycles. The second-order valence-corrected chi connectivity index (χ2v) is 6.65. The highest BCUT2D eigenvalue weighted by Gasteiger charge is 2.10. The number of tetrazole rings is 1. The third kappa shape index (κ3) is 4.03. The predicted molar refractivity (Wildman–Crippen MR) is 99.1 cm³/mol. The fourth-order valence-corrected chi connectivity index (χ4v) is 3.07. The normalized spacial score (nSPS) is 11.0. The molecule has 0 bridgehead atoms. The lowest BCUT2D eigenvalue weighted by Gasteiger charge is -2.10. The van der Waals surface area contributed by atoms with E-state index >= 15 is 0 Å². The van der Waals surface area contributed by atoms with Crippen LogP contribution in [0.2, 0.25) is 10.0 Å². The molecule has 1 heterocycles. The second kappa shape index (κ2) is 7.29. The number of aryl methyl sites for hydroxylation is 2. The molecule has 6 nitrogen and oxygen atoms in total. The van der Waals surface area contributed by atoms with E-state index in [2.05, 4.69) is 10.3 Å². The maximum atomic E-state index is 12.0. The maximum absolute atomic E-state index is 12.0. The third-order valence-corrected chi connectivity index (χ3v) is 4.59. The number of hydrogen-bond acceptors (Lipinski definition) is 4. The molecule has 0 spiro atoms. The summed E-state index contributed by atoms with van der Waals surface area (Å²) < 4.78 is 1.50. The van der Waals surface area contributed by atoms with Crippen molar-refractivity contribution >= 4 is 28.9 Å². The number of nitrogens with zero attached hydrogens (tertiary/aromatic N) is 4. The summed E-state index contributed by atoms with van der Waals surface area (Å²) in [6, 6.07) is 11.0. The van der Waals surface area contributed by atoms with Gasteiger partial charge in [0, 0.05) is 15.7 Å². The van der Waals surface area contributed by atoms with Gasteiger partial charge in [0.1, 0.15) is 0 Å². The number of aromatic nitrogens is 4. The molecule has 25 heavy (non-hydrogen) atoms. The second-order valence-electron chi connectivity index (χ2n) is 5.80. The van der Waals surface area contributed by atoms with E-state index in [4.69, 9.17) is 28.9 Å². The van der Waals surface area contributed by atoms with Crippen molar-refractivity contribution in [1.82, 2.24) is 19.8 Å². The average Bonchev–Trinajstić information content (AvgIpc) is 2.90. The molecule has 130 valence electrons. The number of hydrogen-bond donors (Lipinski definition) is 1. The van der Waals surface area contributed by atoms with Crippen molar-refractivity contribution in [1.29, 1.82) is 0 Å². The van der Waals surface area contributed by atoms with Crippen molar-refractivity contribution in [3.63, 3.8) is 0 Å². The Hall–Kier alpha value is -2.31. The summed E-state index contributed by atoms with van der Waals surface area (Å²) in [6.07, 6.45) is 0.573. The number of halogens is 2. The van der Waals surface area contributed by atoms with Crippen LogP contribution in [0, 0.1) is 6.92 Å². The van der Waals surface area contributed by atoms with Crippen LogP contribution in [0.3, 0.4) is 0 Å². The molecule has 0 aliphatic heterocycles. The van der Waals surface area contributed by atoms with Gasteiger partial charge in [-0.25, -0.2) is 9.48 Å². The van der Waals surface area contributed by atoms with Crippen molar-refractivity contribution in [3.05, 3.63) is 73.6 Å². The fourth-order valence-electron chi connectivity index (χ4n) is 2.57. The molecule has 3 rings (SSSR count). The summed E-state index contributed by atoms with van der Waals surface area (Å²) in [5, 5.41) is 8.74. The Morgan fingerprint density at radius 1 is 1.16 bits per heavy atom. The zero-order valence-corrected chi connectivity index (χ0v) is 15.1. The number of benzene rings is 2. The SMILES string of the molecule is Cc1cc(Cn2nnc(=O)n2CCc2ccc(Cl)cc2Cl)ccc1N. The van der Waals surface area contributed by atoms with Gasteiger partial charge in [0.05, 0.1) is 13.1 Å². The van der Waals surface area contributed by atoms with Gasteiger partial charge in [-0.1, -0.05) is 46.5 Å². The molecule has 3 aromatic rings. The summed E-state index contributed by atoms with van der Waals surface area (Å²) in [4.78, 5) is 13.6. The molecule has 0 saturated carbocycles. The minimum absolute atomic E-state index is 0.391.